The molecule has 1 atom stereocenters. The van der Waals surface area contributed by atoms with E-state index in [0.717, 1.165) is 88.6 Å². The molecule has 4 N–H and O–H groups in total. The van der Waals surface area contributed by atoms with E-state index in [-0.39, 0.29) is 11.8 Å². The summed E-state index contributed by atoms with van der Waals surface area (Å²) in [4.78, 5) is 49.5. The molecule has 5 heterocycles. The van der Waals surface area contributed by atoms with Crippen LogP contribution in [0.1, 0.15) is 44.6 Å². The number of hydrogen-bond acceptors (Lipinski definition) is 15. The third kappa shape index (κ3) is 10.8. The summed E-state index contributed by atoms with van der Waals surface area (Å²) in [6, 6.07) is 15.8. The lowest BCUT2D eigenvalue weighted by Crippen LogP contribution is -2.53. The van der Waals surface area contributed by atoms with Gasteiger partial charge in [0.1, 0.15) is 36.0 Å². The number of rotatable bonds is 16. The molecule has 3 aromatic carbocycles. The Morgan fingerprint density at radius 2 is 1.67 bits per heavy atom. The van der Waals surface area contributed by atoms with Crippen LogP contribution in [0.15, 0.2) is 71.6 Å². The zero-order valence-corrected chi connectivity index (χ0v) is 39.4. The number of fused-ring (bicyclic) bond motifs is 1. The smallest absolute Gasteiger partial charge is 0.249 e. The number of carbonyl (C=O) groups excluding carboxylic acids is 2. The van der Waals surface area contributed by atoms with Crippen LogP contribution in [0.2, 0.25) is 0 Å². The first-order chi connectivity index (χ1) is 30.9. The van der Waals surface area contributed by atoms with Crippen LogP contribution in [0.3, 0.4) is 0 Å². The van der Waals surface area contributed by atoms with Crippen molar-refractivity contribution in [3.05, 3.63) is 77.2 Å². The van der Waals surface area contributed by atoms with Crippen LogP contribution in [0.5, 0.6) is 11.5 Å². The fraction of sp³-hybridized carbons (Fsp3) is 0.435. The zero-order chi connectivity index (χ0) is 44.8. The molecule has 0 aliphatic carbocycles. The van der Waals surface area contributed by atoms with E-state index in [1.54, 1.807) is 39.0 Å². The first-order valence-electron chi connectivity index (χ1n) is 22.1. The van der Waals surface area contributed by atoms with E-state index in [1.165, 1.54) is 11.3 Å². The molecule has 0 saturated carbocycles. The number of anilines is 6. The van der Waals surface area contributed by atoms with E-state index in [0.29, 0.717) is 69.5 Å². The number of piperidine rings is 2. The van der Waals surface area contributed by atoms with Crippen LogP contribution in [0.4, 0.5) is 34.5 Å². The van der Waals surface area contributed by atoms with E-state index in [1.807, 2.05) is 36.4 Å². The monoisotopic (exact) mass is 953 g/mol. The van der Waals surface area contributed by atoms with Crippen molar-refractivity contribution in [1.29, 1.82) is 0 Å². The number of aryl methyl sites for hydroxylation is 1. The molecule has 0 spiro atoms. The number of aromatic nitrogens is 4. The third-order valence-corrected chi connectivity index (χ3v) is 14.3. The van der Waals surface area contributed by atoms with Gasteiger partial charge >= 0.3 is 0 Å². The number of nitrogens with one attached hydrogen (secondary N) is 4. The molecule has 3 saturated heterocycles. The number of amides is 2. The first-order valence-corrected chi connectivity index (χ1v) is 25.5. The van der Waals surface area contributed by atoms with Crippen molar-refractivity contribution >= 4 is 85.7 Å². The zero-order valence-electron chi connectivity index (χ0n) is 36.9. The van der Waals surface area contributed by atoms with Gasteiger partial charge in [-0.15, -0.1) is 0 Å². The standard InChI is InChI=1S/C46H57BrN11O5P/c1-5-30-27-38(53-46-50-29-34(47)44(55-46)52-36-12-11-35-42(49-18-17-48-35)43(36)64(3,4)61)40(62-2)28-39(30)58-20-15-32(16-21-58)57-24-22-56(23-25-57)19-6-26-63-33-9-7-31(8-10-33)51-37-13-14-41(59)54-45(37)60/h7-12,17-18,27-29,32,37,51H,5-6,13-16,19-26H2,1-4H3,(H,54,59,60)(H2,50,52,53,55). The molecule has 0 bridgehead atoms. The van der Waals surface area contributed by atoms with Crippen molar-refractivity contribution in [3.63, 3.8) is 0 Å². The summed E-state index contributed by atoms with van der Waals surface area (Å²) < 4.78 is 26.2. The van der Waals surface area contributed by atoms with Crippen LogP contribution in [0, 0.1) is 0 Å². The van der Waals surface area contributed by atoms with Gasteiger partial charge in [-0.1, -0.05) is 6.92 Å². The maximum atomic E-state index is 13.5. The topological polar surface area (TPSA) is 179 Å². The van der Waals surface area contributed by atoms with Crippen LogP contribution < -0.4 is 40.9 Å². The van der Waals surface area contributed by atoms with Gasteiger partial charge in [-0.25, -0.2) is 4.98 Å². The van der Waals surface area contributed by atoms with Gasteiger partial charge in [0, 0.05) is 94.3 Å². The number of benzene rings is 3. The summed E-state index contributed by atoms with van der Waals surface area (Å²) in [6.07, 6.45) is 9.80. The van der Waals surface area contributed by atoms with Crippen LogP contribution >= 0.6 is 23.1 Å². The van der Waals surface area contributed by atoms with Crippen LogP contribution in [-0.4, -0.2) is 126 Å². The molecule has 2 aromatic heterocycles. The second-order valence-corrected chi connectivity index (χ2v) is 20.9. The Labute approximate surface area is 382 Å². The highest BCUT2D eigenvalue weighted by molar-refractivity contribution is 9.10. The second kappa shape index (κ2) is 20.2. The summed E-state index contributed by atoms with van der Waals surface area (Å²) in [5, 5.41) is 13.0. The summed E-state index contributed by atoms with van der Waals surface area (Å²) in [7, 11) is -1.08. The lowest BCUT2D eigenvalue weighted by molar-refractivity contribution is -0.133. The Hall–Kier alpha value is -5.35. The fourth-order valence-corrected chi connectivity index (χ4v) is 10.6. The molecule has 3 fully saturated rings. The van der Waals surface area contributed by atoms with Crippen LogP contribution in [-0.2, 0) is 20.6 Å². The summed E-state index contributed by atoms with van der Waals surface area (Å²) in [6.45, 7) is 13.5. The predicted octanol–water partition coefficient (Wildman–Crippen LogP) is 6.76. The number of halogens is 1. The minimum Gasteiger partial charge on any atom is -0.494 e. The molecule has 64 heavy (non-hydrogen) atoms. The van der Waals surface area contributed by atoms with Gasteiger partial charge in [-0.2, -0.15) is 4.98 Å². The highest BCUT2D eigenvalue weighted by atomic mass is 79.9. The number of imide groups is 1. The molecule has 3 aliphatic rings. The molecule has 18 heteroatoms. The maximum absolute atomic E-state index is 13.5. The average molecular weight is 955 g/mol. The molecule has 3 aliphatic heterocycles. The second-order valence-electron chi connectivity index (χ2n) is 16.9. The van der Waals surface area contributed by atoms with Crippen molar-refractivity contribution in [1.82, 2.24) is 35.1 Å². The predicted molar refractivity (Wildman–Crippen MR) is 257 cm³/mol. The van der Waals surface area contributed by atoms with Gasteiger partial charge in [0.2, 0.25) is 17.8 Å². The van der Waals surface area contributed by atoms with E-state index < -0.39 is 13.2 Å². The van der Waals surface area contributed by atoms with E-state index in [2.05, 4.69) is 85.9 Å². The van der Waals surface area contributed by atoms with Gasteiger partial charge in [-0.05, 0) is 109 Å². The Bertz CT molecular complexity index is 2510. The summed E-state index contributed by atoms with van der Waals surface area (Å²) in [5.41, 5.74) is 5.95. The van der Waals surface area contributed by atoms with Crippen molar-refractivity contribution in [3.8, 4) is 11.5 Å². The maximum Gasteiger partial charge on any atom is 0.249 e. The van der Waals surface area contributed by atoms with Gasteiger partial charge in [-0.3, -0.25) is 29.8 Å². The lowest BCUT2D eigenvalue weighted by Gasteiger charge is -2.43. The Kier molecular flexibility index (Phi) is 14.3. The number of piperazine rings is 1. The quantitative estimate of drug-likeness (QED) is 0.0463. The van der Waals surface area contributed by atoms with E-state index >= 15 is 0 Å². The lowest BCUT2D eigenvalue weighted by atomic mass is 9.99. The van der Waals surface area contributed by atoms with Gasteiger partial charge < -0.3 is 39.8 Å². The van der Waals surface area contributed by atoms with E-state index in [9.17, 15) is 14.2 Å². The number of methoxy groups -OCH3 is 1. The molecular formula is C46H57BrN11O5P. The number of carbonyl (C=O) groups is 2. The third-order valence-electron chi connectivity index (χ3n) is 12.2. The average Bonchev–Trinajstić information content (AvgIpc) is 3.30. The molecule has 2 amide bonds. The molecule has 5 aromatic rings. The number of nitrogens with zero attached hydrogens (tertiary/aromatic N) is 7. The largest absolute Gasteiger partial charge is 0.494 e. The van der Waals surface area contributed by atoms with Gasteiger partial charge in [0.15, 0.2) is 0 Å². The van der Waals surface area contributed by atoms with Crippen molar-refractivity contribution in [2.75, 3.05) is 93.7 Å². The highest BCUT2D eigenvalue weighted by Crippen LogP contribution is 2.42. The van der Waals surface area contributed by atoms with Gasteiger partial charge in [0.05, 0.1) is 40.4 Å². The minimum absolute atomic E-state index is 0.217. The first kappa shape index (κ1) is 45.2. The van der Waals surface area contributed by atoms with Crippen molar-refractivity contribution < 1.29 is 23.6 Å². The van der Waals surface area contributed by atoms with Crippen molar-refractivity contribution in [2.24, 2.45) is 0 Å². The number of ether oxygens (including phenoxy) is 2. The number of hydrogen-bond donors (Lipinski definition) is 4. The Balaban J connectivity index is 0.813. The summed E-state index contributed by atoms with van der Waals surface area (Å²) >= 11 is 3.60. The van der Waals surface area contributed by atoms with Crippen molar-refractivity contribution in [2.45, 2.75) is 57.5 Å². The summed E-state index contributed by atoms with van der Waals surface area (Å²) in [5.74, 6) is 1.92. The molecule has 8 rings (SSSR count). The Morgan fingerprint density at radius 3 is 2.39 bits per heavy atom. The van der Waals surface area contributed by atoms with E-state index in [4.69, 9.17) is 14.5 Å². The molecule has 338 valence electrons. The SMILES string of the molecule is CCc1cc(Nc2ncc(Br)c(Nc3ccc4nccnc4c3P(C)(C)=O)n2)c(OC)cc1N1CCC(N2CCN(CCCOc3ccc(NC4CCC(=O)NC4=O)cc3)CC2)CC1. The molecule has 16 nitrogen and oxygen atoms in total. The molecule has 1 unspecified atom stereocenters. The van der Waals surface area contributed by atoms with Gasteiger partial charge in [0.25, 0.3) is 0 Å². The minimum atomic E-state index is -2.77. The molecular weight excluding hydrogens is 897 g/mol. The van der Waals surface area contributed by atoms with Crippen LogP contribution in [0.25, 0.3) is 11.0 Å². The normalized spacial score (nSPS) is 17.9. The Morgan fingerprint density at radius 1 is 0.906 bits per heavy atom. The highest BCUT2D eigenvalue weighted by Gasteiger charge is 2.30. The molecule has 0 radical (unpaired) electrons. The fourth-order valence-electron chi connectivity index (χ4n) is 8.87.